The van der Waals surface area contributed by atoms with Crippen molar-refractivity contribution in [2.75, 3.05) is 11.9 Å². The lowest BCUT2D eigenvalue weighted by molar-refractivity contribution is 1.18. The first kappa shape index (κ1) is 17.4. The molecule has 0 bridgehead atoms. The van der Waals surface area contributed by atoms with Crippen LogP contribution in [0.3, 0.4) is 0 Å². The SMILES string of the molecule is Cc1ccccc1N(C)c1ccc(C(=S)c2sccc2Cl)c(Cl)c1. The van der Waals surface area contributed by atoms with Crippen LogP contribution >= 0.6 is 46.8 Å². The van der Waals surface area contributed by atoms with Gasteiger partial charge in [-0.3, -0.25) is 0 Å². The Balaban J connectivity index is 1.94. The summed E-state index contributed by atoms with van der Waals surface area (Å²) >= 11 is 19.8. The molecule has 0 aliphatic heterocycles. The molecule has 0 radical (unpaired) electrons. The number of para-hydroxylation sites is 1. The van der Waals surface area contributed by atoms with Crippen molar-refractivity contribution in [1.29, 1.82) is 0 Å². The number of rotatable bonds is 4. The minimum Gasteiger partial charge on any atom is -0.344 e. The summed E-state index contributed by atoms with van der Waals surface area (Å²) in [5.41, 5.74) is 4.20. The highest BCUT2D eigenvalue weighted by Gasteiger charge is 2.15. The van der Waals surface area contributed by atoms with E-state index in [0.29, 0.717) is 14.9 Å². The highest BCUT2D eigenvalue weighted by molar-refractivity contribution is 7.81. The fraction of sp³-hybridized carbons (Fsp3) is 0.105. The molecule has 0 saturated carbocycles. The molecule has 0 atom stereocenters. The molecule has 3 rings (SSSR count). The number of aryl methyl sites for hydroxylation is 1. The number of hydrogen-bond donors (Lipinski definition) is 0. The predicted molar refractivity (Wildman–Crippen MR) is 111 cm³/mol. The third-order valence-electron chi connectivity index (χ3n) is 3.88. The second-order valence-electron chi connectivity index (χ2n) is 5.44. The standard InChI is InChI=1S/C19H15Cl2NS2/c1-12-5-3-4-6-17(12)22(2)13-7-8-14(16(21)11-13)18(23)19-15(20)9-10-24-19/h3-11H,1-2H3. The number of thiophene rings is 1. The highest BCUT2D eigenvalue weighted by atomic mass is 35.5. The van der Waals surface area contributed by atoms with Gasteiger partial charge >= 0.3 is 0 Å². The first-order chi connectivity index (χ1) is 11.5. The van der Waals surface area contributed by atoms with Crippen LogP contribution in [0.2, 0.25) is 10.0 Å². The number of thiocarbonyl (C=S) groups is 1. The summed E-state index contributed by atoms with van der Waals surface area (Å²) in [6, 6.07) is 16.0. The molecule has 0 aliphatic carbocycles. The lowest BCUT2D eigenvalue weighted by Crippen LogP contribution is -2.11. The van der Waals surface area contributed by atoms with Crippen molar-refractivity contribution in [1.82, 2.24) is 0 Å². The molecule has 2 aromatic carbocycles. The average Bonchev–Trinajstić information content (AvgIpc) is 3.00. The van der Waals surface area contributed by atoms with Crippen LogP contribution < -0.4 is 4.90 Å². The van der Waals surface area contributed by atoms with Gasteiger partial charge in [0.25, 0.3) is 0 Å². The summed E-state index contributed by atoms with van der Waals surface area (Å²) in [5.74, 6) is 0. The Morgan fingerprint density at radius 2 is 1.79 bits per heavy atom. The fourth-order valence-corrected chi connectivity index (χ4v) is 4.47. The van der Waals surface area contributed by atoms with E-state index >= 15 is 0 Å². The summed E-state index contributed by atoms with van der Waals surface area (Å²) in [5, 5.41) is 3.22. The zero-order valence-electron chi connectivity index (χ0n) is 13.2. The van der Waals surface area contributed by atoms with Gasteiger partial charge in [0.15, 0.2) is 0 Å². The highest BCUT2D eigenvalue weighted by Crippen LogP contribution is 2.33. The maximum Gasteiger partial charge on any atom is 0.0651 e. The van der Waals surface area contributed by atoms with Crippen LogP contribution in [0.1, 0.15) is 16.0 Å². The minimum absolute atomic E-state index is 0.627. The molecule has 3 aromatic rings. The topological polar surface area (TPSA) is 3.24 Å². The normalized spacial score (nSPS) is 10.7. The van der Waals surface area contributed by atoms with Gasteiger partial charge in [0.1, 0.15) is 0 Å². The van der Waals surface area contributed by atoms with Crippen LogP contribution in [0.25, 0.3) is 0 Å². The monoisotopic (exact) mass is 391 g/mol. The third-order valence-corrected chi connectivity index (χ3v) is 6.11. The van der Waals surface area contributed by atoms with E-state index in [-0.39, 0.29) is 0 Å². The van der Waals surface area contributed by atoms with Gasteiger partial charge in [-0.2, -0.15) is 0 Å². The molecule has 0 saturated heterocycles. The van der Waals surface area contributed by atoms with Gasteiger partial charge in [0.2, 0.25) is 0 Å². The maximum absolute atomic E-state index is 6.51. The van der Waals surface area contributed by atoms with Crippen molar-refractivity contribution < 1.29 is 0 Å². The first-order valence-electron chi connectivity index (χ1n) is 7.35. The summed E-state index contributed by atoms with van der Waals surface area (Å²) in [7, 11) is 2.03. The molecule has 0 aliphatic rings. The van der Waals surface area contributed by atoms with E-state index in [0.717, 1.165) is 21.8 Å². The zero-order valence-corrected chi connectivity index (χ0v) is 16.4. The molecule has 1 aromatic heterocycles. The van der Waals surface area contributed by atoms with E-state index in [1.54, 1.807) is 0 Å². The van der Waals surface area contributed by atoms with Crippen molar-refractivity contribution in [3.8, 4) is 0 Å². The van der Waals surface area contributed by atoms with Gasteiger partial charge in [-0.25, -0.2) is 0 Å². The van der Waals surface area contributed by atoms with Crippen LogP contribution in [0.4, 0.5) is 11.4 Å². The van der Waals surface area contributed by atoms with Crippen LogP contribution in [-0.4, -0.2) is 11.9 Å². The van der Waals surface area contributed by atoms with Gasteiger partial charge < -0.3 is 4.90 Å². The maximum atomic E-state index is 6.51. The lowest BCUT2D eigenvalue weighted by Gasteiger charge is -2.22. The molecule has 24 heavy (non-hydrogen) atoms. The molecule has 0 fully saturated rings. The predicted octanol–water partition coefficient (Wildman–Crippen LogP) is 6.90. The van der Waals surface area contributed by atoms with E-state index in [1.807, 2.05) is 48.8 Å². The molecule has 1 nitrogen and oxygen atoms in total. The largest absolute Gasteiger partial charge is 0.344 e. The van der Waals surface area contributed by atoms with E-state index in [1.165, 1.54) is 16.9 Å². The molecular formula is C19H15Cl2NS2. The Morgan fingerprint density at radius 3 is 2.42 bits per heavy atom. The Bertz CT molecular complexity index is 902. The number of benzene rings is 2. The third kappa shape index (κ3) is 3.35. The second-order valence-corrected chi connectivity index (χ2v) is 7.58. The molecule has 0 amide bonds. The summed E-state index contributed by atoms with van der Waals surface area (Å²) in [4.78, 5) is 3.69. The van der Waals surface area contributed by atoms with Crippen LogP contribution in [-0.2, 0) is 0 Å². The average molecular weight is 392 g/mol. The van der Waals surface area contributed by atoms with Gasteiger partial charge in [-0.1, -0.05) is 53.6 Å². The molecule has 122 valence electrons. The number of halogens is 2. The van der Waals surface area contributed by atoms with Crippen LogP contribution in [0.15, 0.2) is 53.9 Å². The van der Waals surface area contributed by atoms with Crippen molar-refractivity contribution in [2.24, 2.45) is 0 Å². The molecule has 5 heteroatoms. The zero-order chi connectivity index (χ0) is 17.3. The summed E-state index contributed by atoms with van der Waals surface area (Å²) in [6.45, 7) is 2.09. The molecular weight excluding hydrogens is 377 g/mol. The number of hydrogen-bond acceptors (Lipinski definition) is 3. The van der Waals surface area contributed by atoms with E-state index in [2.05, 4.69) is 24.0 Å². The first-order valence-corrected chi connectivity index (χ1v) is 9.40. The van der Waals surface area contributed by atoms with Gasteiger partial charge in [-0.15, -0.1) is 11.3 Å². The van der Waals surface area contributed by atoms with Crippen molar-refractivity contribution in [3.05, 3.63) is 80.0 Å². The summed E-state index contributed by atoms with van der Waals surface area (Å²) in [6.07, 6.45) is 0. The smallest absolute Gasteiger partial charge is 0.0651 e. The lowest BCUT2D eigenvalue weighted by atomic mass is 10.1. The van der Waals surface area contributed by atoms with Crippen molar-refractivity contribution in [3.63, 3.8) is 0 Å². The Hall–Kier alpha value is -1.39. The van der Waals surface area contributed by atoms with Crippen LogP contribution in [0, 0.1) is 6.92 Å². The van der Waals surface area contributed by atoms with E-state index in [4.69, 9.17) is 35.4 Å². The van der Waals surface area contributed by atoms with Crippen molar-refractivity contribution in [2.45, 2.75) is 6.92 Å². The second kappa shape index (κ2) is 7.24. The summed E-state index contributed by atoms with van der Waals surface area (Å²) < 4.78 is 0. The Kier molecular flexibility index (Phi) is 5.26. The Morgan fingerprint density at radius 1 is 1.04 bits per heavy atom. The number of anilines is 2. The van der Waals surface area contributed by atoms with Crippen LogP contribution in [0.5, 0.6) is 0 Å². The number of nitrogens with zero attached hydrogens (tertiary/aromatic N) is 1. The van der Waals surface area contributed by atoms with Gasteiger partial charge in [-0.05, 0) is 48.2 Å². The fourth-order valence-electron chi connectivity index (χ4n) is 2.55. The molecule has 0 unspecified atom stereocenters. The quantitative estimate of drug-likeness (QED) is 0.351. The van der Waals surface area contributed by atoms with Gasteiger partial charge in [0.05, 0.1) is 19.8 Å². The van der Waals surface area contributed by atoms with E-state index < -0.39 is 0 Å². The van der Waals surface area contributed by atoms with Gasteiger partial charge in [0, 0.05) is 24.0 Å². The van der Waals surface area contributed by atoms with E-state index in [9.17, 15) is 0 Å². The molecule has 1 heterocycles. The Labute approximate surface area is 161 Å². The molecule has 0 spiro atoms. The molecule has 0 N–H and O–H groups in total. The minimum atomic E-state index is 0.627. The van der Waals surface area contributed by atoms with Crippen molar-refractivity contribution >= 4 is 63.0 Å².